The summed E-state index contributed by atoms with van der Waals surface area (Å²) >= 11 is 7.23. The Labute approximate surface area is 188 Å². The highest BCUT2D eigenvalue weighted by molar-refractivity contribution is 7.16. The van der Waals surface area contributed by atoms with Crippen molar-refractivity contribution in [3.63, 3.8) is 0 Å². The number of ether oxygens (including phenoxy) is 1. The van der Waals surface area contributed by atoms with Crippen LogP contribution in [0, 0.1) is 12.8 Å². The molecule has 2 heterocycles. The van der Waals surface area contributed by atoms with Gasteiger partial charge < -0.3 is 4.74 Å². The number of aromatic nitrogens is 1. The fraction of sp³-hybridized carbons (Fsp3) is 0.217. The van der Waals surface area contributed by atoms with Crippen molar-refractivity contribution in [3.8, 4) is 11.3 Å². The van der Waals surface area contributed by atoms with Gasteiger partial charge in [0.05, 0.1) is 11.6 Å². The van der Waals surface area contributed by atoms with Crippen LogP contribution in [0.1, 0.15) is 21.7 Å². The van der Waals surface area contributed by atoms with Crippen molar-refractivity contribution >= 4 is 45.7 Å². The van der Waals surface area contributed by atoms with Gasteiger partial charge in [0, 0.05) is 34.0 Å². The molecule has 0 spiro atoms. The molecule has 0 radical (unpaired) electrons. The second-order valence-corrected chi connectivity index (χ2v) is 8.83. The summed E-state index contributed by atoms with van der Waals surface area (Å²) in [5.74, 6) is -1.70. The van der Waals surface area contributed by atoms with Gasteiger partial charge in [-0.2, -0.15) is 0 Å². The second kappa shape index (κ2) is 8.99. The molecule has 1 fully saturated rings. The van der Waals surface area contributed by atoms with Gasteiger partial charge in [0.15, 0.2) is 17.5 Å². The van der Waals surface area contributed by atoms with Gasteiger partial charge in [0.1, 0.15) is 0 Å². The minimum atomic E-state index is -0.630. The zero-order valence-corrected chi connectivity index (χ0v) is 18.3. The first kappa shape index (κ1) is 21.2. The quantitative estimate of drug-likeness (QED) is 0.403. The molecule has 0 saturated carbocycles. The van der Waals surface area contributed by atoms with Gasteiger partial charge >= 0.3 is 5.97 Å². The van der Waals surface area contributed by atoms with Gasteiger partial charge in [0.25, 0.3) is 0 Å². The Hall–Kier alpha value is -3.03. The lowest BCUT2D eigenvalue weighted by Gasteiger charge is -2.12. The average molecular weight is 455 g/mol. The number of ketones is 1. The predicted molar refractivity (Wildman–Crippen MR) is 119 cm³/mol. The Balaban J connectivity index is 1.39. The van der Waals surface area contributed by atoms with Crippen molar-refractivity contribution in [1.82, 2.24) is 4.98 Å². The first-order chi connectivity index (χ1) is 14.9. The van der Waals surface area contributed by atoms with Crippen LogP contribution in [0.2, 0.25) is 5.02 Å². The van der Waals surface area contributed by atoms with E-state index in [1.165, 1.54) is 16.2 Å². The van der Waals surface area contributed by atoms with Gasteiger partial charge in [-0.05, 0) is 31.2 Å². The molecule has 1 aromatic heterocycles. The SMILES string of the molecule is Cc1sc(N2C[C@@H](C(=O)OCC(=O)c3ccc(Cl)cc3)CC2=O)nc1-c1ccccc1. The zero-order valence-electron chi connectivity index (χ0n) is 16.7. The minimum Gasteiger partial charge on any atom is -0.457 e. The smallest absolute Gasteiger partial charge is 0.311 e. The van der Waals surface area contributed by atoms with E-state index in [-0.39, 0.29) is 31.3 Å². The summed E-state index contributed by atoms with van der Waals surface area (Å²) in [5.41, 5.74) is 2.21. The highest BCUT2D eigenvalue weighted by atomic mass is 35.5. The molecule has 0 N–H and O–H groups in total. The summed E-state index contributed by atoms with van der Waals surface area (Å²) < 4.78 is 5.19. The van der Waals surface area contributed by atoms with Crippen LogP contribution < -0.4 is 4.90 Å². The number of aryl methyl sites for hydroxylation is 1. The summed E-state index contributed by atoms with van der Waals surface area (Å²) in [6, 6.07) is 16.1. The van der Waals surface area contributed by atoms with Crippen LogP contribution in [0.5, 0.6) is 0 Å². The largest absolute Gasteiger partial charge is 0.457 e. The molecule has 1 amide bonds. The molecule has 4 rings (SSSR count). The first-order valence-electron chi connectivity index (χ1n) is 9.71. The number of halogens is 1. The van der Waals surface area contributed by atoms with Gasteiger partial charge in [0.2, 0.25) is 5.91 Å². The summed E-state index contributed by atoms with van der Waals surface area (Å²) in [6.07, 6.45) is 0.0350. The van der Waals surface area contributed by atoms with Gasteiger partial charge in [-0.3, -0.25) is 19.3 Å². The van der Waals surface area contributed by atoms with Crippen molar-refractivity contribution in [2.45, 2.75) is 13.3 Å². The molecule has 31 heavy (non-hydrogen) atoms. The van der Waals surface area contributed by atoms with Crippen LogP contribution in [0.25, 0.3) is 11.3 Å². The van der Waals surface area contributed by atoms with Crippen LogP contribution in [0.15, 0.2) is 54.6 Å². The lowest BCUT2D eigenvalue weighted by molar-refractivity contribution is -0.147. The number of benzene rings is 2. The highest BCUT2D eigenvalue weighted by Gasteiger charge is 2.38. The Morgan fingerprint density at radius 3 is 2.58 bits per heavy atom. The Morgan fingerprint density at radius 2 is 1.87 bits per heavy atom. The van der Waals surface area contributed by atoms with Gasteiger partial charge in [-0.1, -0.05) is 41.9 Å². The molecule has 3 aromatic rings. The third kappa shape index (κ3) is 4.68. The van der Waals surface area contributed by atoms with E-state index in [1.807, 2.05) is 37.3 Å². The number of anilines is 1. The summed E-state index contributed by atoms with van der Waals surface area (Å²) in [6.45, 7) is 1.77. The number of hydrogen-bond donors (Lipinski definition) is 0. The molecule has 0 unspecified atom stereocenters. The molecule has 158 valence electrons. The number of rotatable bonds is 6. The summed E-state index contributed by atoms with van der Waals surface area (Å²) in [7, 11) is 0. The summed E-state index contributed by atoms with van der Waals surface area (Å²) in [5, 5.41) is 1.08. The van der Waals surface area contributed by atoms with Crippen LogP contribution in [0.4, 0.5) is 5.13 Å². The van der Waals surface area contributed by atoms with Crippen LogP contribution in [-0.4, -0.2) is 35.8 Å². The molecule has 0 bridgehead atoms. The van der Waals surface area contributed by atoms with Crippen molar-refractivity contribution < 1.29 is 19.1 Å². The minimum absolute atomic E-state index is 0.0350. The number of hydrogen-bond acceptors (Lipinski definition) is 6. The standard InChI is InChI=1S/C23H19ClN2O4S/c1-14-21(16-5-3-2-4-6-16)25-23(31-14)26-12-17(11-20(26)28)22(29)30-13-19(27)15-7-9-18(24)10-8-15/h2-10,17H,11-13H2,1H3/t17-/m0/s1. The van der Waals surface area contributed by atoms with Crippen LogP contribution >= 0.6 is 22.9 Å². The molecule has 2 aromatic carbocycles. The Kier molecular flexibility index (Phi) is 6.15. The van der Waals surface area contributed by atoms with Gasteiger partial charge in [-0.15, -0.1) is 11.3 Å². The topological polar surface area (TPSA) is 76.6 Å². The van der Waals surface area contributed by atoms with E-state index >= 15 is 0 Å². The lowest BCUT2D eigenvalue weighted by atomic mass is 10.1. The number of esters is 1. The van der Waals surface area contributed by atoms with Crippen LogP contribution in [-0.2, 0) is 14.3 Å². The molecule has 0 aliphatic carbocycles. The third-order valence-electron chi connectivity index (χ3n) is 5.03. The van der Waals surface area contributed by atoms with Crippen molar-refractivity contribution in [3.05, 3.63) is 70.1 Å². The maximum atomic E-state index is 12.5. The third-order valence-corrected chi connectivity index (χ3v) is 6.28. The number of amides is 1. The van der Waals surface area contributed by atoms with E-state index in [0.717, 1.165) is 16.1 Å². The molecular formula is C23H19ClN2O4S. The van der Waals surface area contributed by atoms with E-state index in [2.05, 4.69) is 4.98 Å². The van der Waals surface area contributed by atoms with E-state index in [1.54, 1.807) is 24.3 Å². The molecule has 1 aliphatic rings. The number of Topliss-reactive ketones (excluding diaryl/α,β-unsaturated/α-hetero) is 1. The fourth-order valence-corrected chi connectivity index (χ4v) is 4.47. The number of thiazole rings is 1. The number of carbonyl (C=O) groups excluding carboxylic acids is 3. The van der Waals surface area contributed by atoms with E-state index < -0.39 is 11.9 Å². The van der Waals surface area contributed by atoms with Crippen molar-refractivity contribution in [2.24, 2.45) is 5.92 Å². The second-order valence-electron chi connectivity index (χ2n) is 7.21. The zero-order chi connectivity index (χ0) is 22.0. The first-order valence-corrected chi connectivity index (χ1v) is 10.9. The number of carbonyl (C=O) groups is 3. The maximum Gasteiger partial charge on any atom is 0.311 e. The van der Waals surface area contributed by atoms with E-state index in [9.17, 15) is 14.4 Å². The molecule has 1 saturated heterocycles. The number of nitrogens with zero attached hydrogens (tertiary/aromatic N) is 2. The maximum absolute atomic E-state index is 12.5. The van der Waals surface area contributed by atoms with E-state index in [4.69, 9.17) is 16.3 Å². The predicted octanol–water partition coefficient (Wildman–Crippen LogP) is 4.55. The summed E-state index contributed by atoms with van der Waals surface area (Å²) in [4.78, 5) is 44.4. The van der Waals surface area contributed by atoms with Gasteiger partial charge in [-0.25, -0.2) is 4.98 Å². The normalized spacial score (nSPS) is 15.9. The average Bonchev–Trinajstić information content (AvgIpc) is 3.35. The van der Waals surface area contributed by atoms with Crippen molar-refractivity contribution in [2.75, 3.05) is 18.1 Å². The molecule has 8 heteroatoms. The van der Waals surface area contributed by atoms with Crippen LogP contribution in [0.3, 0.4) is 0 Å². The molecule has 1 atom stereocenters. The molecule has 6 nitrogen and oxygen atoms in total. The highest BCUT2D eigenvalue weighted by Crippen LogP contribution is 2.35. The fourth-order valence-electron chi connectivity index (χ4n) is 3.39. The van der Waals surface area contributed by atoms with Crippen molar-refractivity contribution in [1.29, 1.82) is 0 Å². The molecular weight excluding hydrogens is 436 g/mol. The van der Waals surface area contributed by atoms with E-state index in [0.29, 0.717) is 15.7 Å². The monoisotopic (exact) mass is 454 g/mol. The molecule has 1 aliphatic heterocycles. The Bertz CT molecular complexity index is 1130. The Morgan fingerprint density at radius 1 is 1.16 bits per heavy atom. The lowest BCUT2D eigenvalue weighted by Crippen LogP contribution is -2.27.